The van der Waals surface area contributed by atoms with Crippen molar-refractivity contribution in [1.29, 1.82) is 0 Å². The molecule has 0 radical (unpaired) electrons. The molecule has 6 heteroatoms. The molecule has 6 nitrogen and oxygen atoms in total. The minimum Gasteiger partial charge on any atom is -0.457 e. The standard InChI is InChI=1S/C24H23N3O3/c1-15(2)17-5-4-6-18(12-17)26-24-27-22-14-20(7-8-23(22)30-24)29-21-9-10-25-19(13-21)11-16(3)28/h4-10,12-15H,11H2,1-3H3,(H,26,27). The molecule has 152 valence electrons. The number of nitrogens with one attached hydrogen (secondary N) is 1. The minimum atomic E-state index is 0.0580. The topological polar surface area (TPSA) is 77.2 Å². The van der Waals surface area contributed by atoms with E-state index in [0.29, 0.717) is 40.2 Å². The SMILES string of the molecule is CC(=O)Cc1cc(Oc2ccc3oc(Nc4cccc(C(C)C)c4)nc3c2)ccn1. The number of ether oxygens (including phenoxy) is 1. The zero-order valence-corrected chi connectivity index (χ0v) is 17.2. The maximum atomic E-state index is 11.3. The molecule has 0 aliphatic carbocycles. The Morgan fingerprint density at radius 3 is 2.73 bits per heavy atom. The van der Waals surface area contributed by atoms with E-state index in [1.807, 2.05) is 30.3 Å². The number of nitrogens with zero attached hydrogens (tertiary/aromatic N) is 2. The van der Waals surface area contributed by atoms with Crippen molar-refractivity contribution in [3.63, 3.8) is 0 Å². The molecule has 4 rings (SSSR count). The average Bonchev–Trinajstić information content (AvgIpc) is 3.09. The Morgan fingerprint density at radius 2 is 1.93 bits per heavy atom. The van der Waals surface area contributed by atoms with E-state index < -0.39 is 0 Å². The molecule has 0 fully saturated rings. The van der Waals surface area contributed by atoms with Gasteiger partial charge in [-0.25, -0.2) is 0 Å². The van der Waals surface area contributed by atoms with E-state index in [0.717, 1.165) is 5.69 Å². The van der Waals surface area contributed by atoms with Gasteiger partial charge in [-0.2, -0.15) is 4.98 Å². The molecule has 0 aliphatic heterocycles. The molecule has 2 aromatic carbocycles. The van der Waals surface area contributed by atoms with Crippen molar-refractivity contribution < 1.29 is 13.9 Å². The lowest BCUT2D eigenvalue weighted by Gasteiger charge is -2.07. The third kappa shape index (κ3) is 4.66. The van der Waals surface area contributed by atoms with Gasteiger partial charge >= 0.3 is 0 Å². The van der Waals surface area contributed by atoms with E-state index in [9.17, 15) is 4.79 Å². The number of hydrogen-bond donors (Lipinski definition) is 1. The Hall–Kier alpha value is -3.67. The molecule has 0 saturated carbocycles. The maximum Gasteiger partial charge on any atom is 0.300 e. The first-order chi connectivity index (χ1) is 14.5. The summed E-state index contributed by atoms with van der Waals surface area (Å²) in [5.41, 5.74) is 4.20. The summed E-state index contributed by atoms with van der Waals surface area (Å²) in [6.07, 6.45) is 1.92. The van der Waals surface area contributed by atoms with Gasteiger partial charge < -0.3 is 14.5 Å². The van der Waals surface area contributed by atoms with Crippen LogP contribution in [0.15, 0.2) is 65.2 Å². The van der Waals surface area contributed by atoms with Crippen LogP contribution in [0.4, 0.5) is 11.7 Å². The van der Waals surface area contributed by atoms with E-state index in [1.54, 1.807) is 25.3 Å². The molecule has 0 spiro atoms. The molecule has 2 heterocycles. The number of pyridine rings is 1. The Morgan fingerprint density at radius 1 is 1.10 bits per heavy atom. The fourth-order valence-electron chi connectivity index (χ4n) is 3.13. The number of hydrogen-bond acceptors (Lipinski definition) is 6. The number of Topliss-reactive ketones (excluding diaryl/α,β-unsaturated/α-hetero) is 1. The van der Waals surface area contributed by atoms with Crippen LogP contribution in [-0.4, -0.2) is 15.8 Å². The summed E-state index contributed by atoms with van der Waals surface area (Å²) < 4.78 is 11.7. The van der Waals surface area contributed by atoms with E-state index in [-0.39, 0.29) is 12.2 Å². The first-order valence-electron chi connectivity index (χ1n) is 9.86. The number of aromatic nitrogens is 2. The van der Waals surface area contributed by atoms with Gasteiger partial charge in [0.25, 0.3) is 6.01 Å². The molecule has 0 amide bonds. The second-order valence-electron chi connectivity index (χ2n) is 7.52. The van der Waals surface area contributed by atoms with Crippen molar-refractivity contribution in [2.45, 2.75) is 33.1 Å². The van der Waals surface area contributed by atoms with Crippen molar-refractivity contribution in [2.24, 2.45) is 0 Å². The summed E-state index contributed by atoms with van der Waals surface area (Å²) in [5.74, 6) is 1.75. The van der Waals surface area contributed by atoms with Crippen LogP contribution in [0.3, 0.4) is 0 Å². The number of benzene rings is 2. The zero-order chi connectivity index (χ0) is 21.1. The van der Waals surface area contributed by atoms with Crippen LogP contribution in [-0.2, 0) is 11.2 Å². The van der Waals surface area contributed by atoms with Crippen molar-refractivity contribution >= 4 is 28.6 Å². The van der Waals surface area contributed by atoms with E-state index in [4.69, 9.17) is 9.15 Å². The summed E-state index contributed by atoms with van der Waals surface area (Å²) in [4.78, 5) is 20.0. The number of oxazole rings is 1. The first-order valence-corrected chi connectivity index (χ1v) is 9.86. The molecule has 0 bridgehead atoms. The second kappa shape index (κ2) is 8.37. The van der Waals surface area contributed by atoms with Crippen molar-refractivity contribution in [1.82, 2.24) is 9.97 Å². The van der Waals surface area contributed by atoms with Gasteiger partial charge in [0.15, 0.2) is 5.58 Å². The van der Waals surface area contributed by atoms with Crippen LogP contribution in [0.1, 0.15) is 37.9 Å². The van der Waals surface area contributed by atoms with E-state index in [1.165, 1.54) is 5.56 Å². The molecular formula is C24H23N3O3. The lowest BCUT2D eigenvalue weighted by atomic mass is 10.0. The van der Waals surface area contributed by atoms with Gasteiger partial charge in [0, 0.05) is 30.4 Å². The molecule has 1 N–H and O–H groups in total. The van der Waals surface area contributed by atoms with Crippen LogP contribution in [0.5, 0.6) is 11.5 Å². The fourth-order valence-corrected chi connectivity index (χ4v) is 3.13. The third-order valence-corrected chi connectivity index (χ3v) is 4.62. The average molecular weight is 401 g/mol. The predicted octanol–water partition coefficient (Wildman–Crippen LogP) is 6.01. The van der Waals surface area contributed by atoms with Crippen molar-refractivity contribution in [3.05, 3.63) is 72.1 Å². The smallest absolute Gasteiger partial charge is 0.300 e. The van der Waals surface area contributed by atoms with Gasteiger partial charge in [0.2, 0.25) is 0 Å². The van der Waals surface area contributed by atoms with Crippen LogP contribution < -0.4 is 10.1 Å². The molecule has 0 aliphatic rings. The second-order valence-corrected chi connectivity index (χ2v) is 7.52. The van der Waals surface area contributed by atoms with Crippen LogP contribution >= 0.6 is 0 Å². The first kappa shape index (κ1) is 19.6. The molecule has 0 saturated heterocycles. The zero-order valence-electron chi connectivity index (χ0n) is 17.2. The van der Waals surface area contributed by atoms with Gasteiger partial charge in [-0.15, -0.1) is 0 Å². The Bertz CT molecular complexity index is 1200. The fraction of sp³-hybridized carbons (Fsp3) is 0.208. The van der Waals surface area contributed by atoms with Gasteiger partial charge in [-0.1, -0.05) is 26.0 Å². The van der Waals surface area contributed by atoms with Crippen molar-refractivity contribution in [2.75, 3.05) is 5.32 Å². The highest BCUT2D eigenvalue weighted by atomic mass is 16.5. The predicted molar refractivity (Wildman–Crippen MR) is 117 cm³/mol. The van der Waals surface area contributed by atoms with Crippen LogP contribution in [0.25, 0.3) is 11.1 Å². The molecule has 0 atom stereocenters. The van der Waals surface area contributed by atoms with Crippen LogP contribution in [0.2, 0.25) is 0 Å². The lowest BCUT2D eigenvalue weighted by molar-refractivity contribution is -0.116. The minimum absolute atomic E-state index is 0.0580. The lowest BCUT2D eigenvalue weighted by Crippen LogP contribution is -1.99. The monoisotopic (exact) mass is 401 g/mol. The largest absolute Gasteiger partial charge is 0.457 e. The number of carbonyl (C=O) groups excluding carboxylic acids is 1. The normalized spacial score (nSPS) is 11.1. The third-order valence-electron chi connectivity index (χ3n) is 4.62. The van der Waals surface area contributed by atoms with Gasteiger partial charge in [-0.3, -0.25) is 9.78 Å². The molecule has 2 aromatic heterocycles. The van der Waals surface area contributed by atoms with E-state index >= 15 is 0 Å². The Kier molecular flexibility index (Phi) is 5.48. The van der Waals surface area contributed by atoms with Crippen LogP contribution in [0, 0.1) is 0 Å². The van der Waals surface area contributed by atoms with Gasteiger partial charge in [0.1, 0.15) is 22.8 Å². The highest BCUT2D eigenvalue weighted by molar-refractivity contribution is 5.78. The van der Waals surface area contributed by atoms with Gasteiger partial charge in [0.05, 0.1) is 5.69 Å². The number of fused-ring (bicyclic) bond motifs is 1. The number of ketones is 1. The maximum absolute atomic E-state index is 11.3. The number of anilines is 2. The molecule has 0 unspecified atom stereocenters. The highest BCUT2D eigenvalue weighted by Gasteiger charge is 2.10. The highest BCUT2D eigenvalue weighted by Crippen LogP contribution is 2.29. The summed E-state index contributed by atoms with van der Waals surface area (Å²) >= 11 is 0. The van der Waals surface area contributed by atoms with Gasteiger partial charge in [-0.05, 0) is 48.7 Å². The number of carbonyl (C=O) groups is 1. The van der Waals surface area contributed by atoms with Crippen molar-refractivity contribution in [3.8, 4) is 11.5 Å². The Balaban J connectivity index is 1.53. The summed E-state index contributed by atoms with van der Waals surface area (Å²) in [6.45, 7) is 5.86. The molecule has 30 heavy (non-hydrogen) atoms. The Labute approximate surface area is 174 Å². The summed E-state index contributed by atoms with van der Waals surface area (Å²) in [5, 5.41) is 3.22. The number of rotatable bonds is 7. The molecular weight excluding hydrogens is 378 g/mol. The summed E-state index contributed by atoms with van der Waals surface area (Å²) in [7, 11) is 0. The molecule has 4 aromatic rings. The summed E-state index contributed by atoms with van der Waals surface area (Å²) in [6, 6.07) is 17.6. The quantitative estimate of drug-likeness (QED) is 0.408. The van der Waals surface area contributed by atoms with E-state index in [2.05, 4.69) is 41.3 Å².